The van der Waals surface area contributed by atoms with Gasteiger partial charge < -0.3 is 15.0 Å². The number of nitrogens with zero attached hydrogens (tertiary/aromatic N) is 1. The smallest absolute Gasteiger partial charge is 0.225 e. The molecule has 1 N–H and O–H groups in total. The van der Waals surface area contributed by atoms with Crippen molar-refractivity contribution < 1.29 is 14.3 Å². The summed E-state index contributed by atoms with van der Waals surface area (Å²) >= 11 is 0. The van der Waals surface area contributed by atoms with Crippen molar-refractivity contribution in [1.82, 2.24) is 10.2 Å². The maximum absolute atomic E-state index is 12.0. The van der Waals surface area contributed by atoms with Gasteiger partial charge in [-0.05, 0) is 26.7 Å². The van der Waals surface area contributed by atoms with E-state index in [0.29, 0.717) is 19.5 Å². The van der Waals surface area contributed by atoms with Gasteiger partial charge in [0.25, 0.3) is 0 Å². The molecule has 2 aliphatic rings. The predicted octanol–water partition coefficient (Wildman–Crippen LogP) is 0.538. The Kier molecular flexibility index (Phi) is 4.22. The number of nitrogens with one attached hydrogen (secondary N) is 1. The molecule has 5 nitrogen and oxygen atoms in total. The molecule has 2 rings (SSSR count). The molecule has 2 aliphatic heterocycles. The molecule has 0 spiro atoms. The Morgan fingerprint density at radius 2 is 2.33 bits per heavy atom. The molecule has 0 aromatic rings. The Morgan fingerprint density at radius 3 is 2.89 bits per heavy atom. The molecule has 2 heterocycles. The van der Waals surface area contributed by atoms with Crippen LogP contribution in [0.25, 0.3) is 0 Å². The van der Waals surface area contributed by atoms with Gasteiger partial charge >= 0.3 is 0 Å². The summed E-state index contributed by atoms with van der Waals surface area (Å²) in [6.07, 6.45) is 2.59. The van der Waals surface area contributed by atoms with Crippen LogP contribution in [0.4, 0.5) is 0 Å². The van der Waals surface area contributed by atoms with Crippen molar-refractivity contribution in [2.45, 2.75) is 45.3 Å². The van der Waals surface area contributed by atoms with Crippen LogP contribution in [0.15, 0.2) is 0 Å². The van der Waals surface area contributed by atoms with Crippen LogP contribution in [0.3, 0.4) is 0 Å². The lowest BCUT2D eigenvalue weighted by Gasteiger charge is -2.21. The van der Waals surface area contributed by atoms with Gasteiger partial charge in [0.1, 0.15) is 0 Å². The Labute approximate surface area is 108 Å². The van der Waals surface area contributed by atoms with E-state index in [4.69, 9.17) is 4.74 Å². The highest BCUT2D eigenvalue weighted by Crippen LogP contribution is 2.20. The lowest BCUT2D eigenvalue weighted by atomic mass is 10.1. The first-order valence-electron chi connectivity index (χ1n) is 6.76. The summed E-state index contributed by atoms with van der Waals surface area (Å²) in [6, 6.07) is 0.175. The fourth-order valence-electron chi connectivity index (χ4n) is 2.57. The van der Waals surface area contributed by atoms with Crippen LogP contribution in [0.1, 0.15) is 33.1 Å². The van der Waals surface area contributed by atoms with E-state index in [9.17, 15) is 9.59 Å². The van der Waals surface area contributed by atoms with E-state index in [1.165, 1.54) is 0 Å². The first-order chi connectivity index (χ1) is 8.58. The summed E-state index contributed by atoms with van der Waals surface area (Å²) in [5.41, 5.74) is 0. The molecular formula is C13H22N2O3. The molecule has 0 aromatic carbocycles. The summed E-state index contributed by atoms with van der Waals surface area (Å²) < 4.78 is 5.45. The van der Waals surface area contributed by atoms with Gasteiger partial charge in [-0.3, -0.25) is 9.59 Å². The van der Waals surface area contributed by atoms with Gasteiger partial charge in [-0.2, -0.15) is 0 Å². The van der Waals surface area contributed by atoms with E-state index in [-0.39, 0.29) is 29.9 Å². The van der Waals surface area contributed by atoms with Crippen LogP contribution in [-0.2, 0) is 14.3 Å². The van der Waals surface area contributed by atoms with Crippen LogP contribution in [0.2, 0.25) is 0 Å². The molecule has 2 amide bonds. The van der Waals surface area contributed by atoms with E-state index in [1.807, 2.05) is 13.8 Å². The molecule has 0 aliphatic carbocycles. The number of carbonyl (C=O) groups excluding carboxylic acids is 2. The molecule has 0 aromatic heterocycles. The van der Waals surface area contributed by atoms with Crippen LogP contribution >= 0.6 is 0 Å². The zero-order valence-electron chi connectivity index (χ0n) is 11.1. The maximum Gasteiger partial charge on any atom is 0.225 e. The van der Waals surface area contributed by atoms with Crippen molar-refractivity contribution in [3.63, 3.8) is 0 Å². The number of likely N-dealkylation sites (tertiary alicyclic amines) is 1. The van der Waals surface area contributed by atoms with Gasteiger partial charge in [0.05, 0.1) is 12.0 Å². The highest BCUT2D eigenvalue weighted by atomic mass is 16.5. The third kappa shape index (κ3) is 3.02. The molecule has 0 unspecified atom stereocenters. The molecule has 2 atom stereocenters. The van der Waals surface area contributed by atoms with Crippen molar-refractivity contribution in [3.8, 4) is 0 Å². The van der Waals surface area contributed by atoms with Gasteiger partial charge in [-0.25, -0.2) is 0 Å². The zero-order chi connectivity index (χ0) is 13.1. The fourth-order valence-corrected chi connectivity index (χ4v) is 2.57. The Hall–Kier alpha value is -1.10. The van der Waals surface area contributed by atoms with Gasteiger partial charge in [-0.1, -0.05) is 0 Å². The second kappa shape index (κ2) is 5.69. The van der Waals surface area contributed by atoms with E-state index < -0.39 is 0 Å². The minimum Gasteiger partial charge on any atom is -0.376 e. The normalized spacial score (nSPS) is 28.2. The minimum atomic E-state index is -0.193. The van der Waals surface area contributed by atoms with E-state index in [0.717, 1.165) is 19.4 Å². The van der Waals surface area contributed by atoms with Crippen LogP contribution in [0, 0.1) is 5.92 Å². The summed E-state index contributed by atoms with van der Waals surface area (Å²) in [5, 5.41) is 2.90. The van der Waals surface area contributed by atoms with Crippen molar-refractivity contribution in [1.29, 1.82) is 0 Å². The second-order valence-electron chi connectivity index (χ2n) is 5.42. The lowest BCUT2D eigenvalue weighted by molar-refractivity contribution is -0.130. The molecule has 0 radical (unpaired) electrons. The molecule has 2 saturated heterocycles. The van der Waals surface area contributed by atoms with E-state index in [1.54, 1.807) is 4.90 Å². The average molecular weight is 254 g/mol. The summed E-state index contributed by atoms with van der Waals surface area (Å²) in [5.74, 6) is -0.120. The molecule has 2 fully saturated rings. The lowest BCUT2D eigenvalue weighted by Crippen LogP contribution is -2.38. The number of hydrogen-bond donors (Lipinski definition) is 1. The van der Waals surface area contributed by atoms with Gasteiger partial charge in [0, 0.05) is 32.2 Å². The predicted molar refractivity (Wildman–Crippen MR) is 66.9 cm³/mol. The van der Waals surface area contributed by atoms with Crippen molar-refractivity contribution in [2.24, 2.45) is 5.92 Å². The molecule has 0 saturated carbocycles. The molecule has 0 bridgehead atoms. The first kappa shape index (κ1) is 13.3. The highest BCUT2D eigenvalue weighted by Gasteiger charge is 2.35. The molecular weight excluding hydrogens is 232 g/mol. The quantitative estimate of drug-likeness (QED) is 0.796. The van der Waals surface area contributed by atoms with Crippen LogP contribution in [0.5, 0.6) is 0 Å². The van der Waals surface area contributed by atoms with Crippen molar-refractivity contribution in [2.75, 3.05) is 19.7 Å². The Balaban J connectivity index is 1.77. The molecule has 18 heavy (non-hydrogen) atoms. The SMILES string of the molecule is CC(C)N1C[C@@H](C(=O)NC[C@@H]2CCCO2)CC1=O. The number of amides is 2. The van der Waals surface area contributed by atoms with Crippen molar-refractivity contribution >= 4 is 11.8 Å². The Bertz CT molecular complexity index is 324. The minimum absolute atomic E-state index is 0.0120. The highest BCUT2D eigenvalue weighted by molar-refractivity contribution is 5.89. The van der Waals surface area contributed by atoms with Crippen molar-refractivity contribution in [3.05, 3.63) is 0 Å². The Morgan fingerprint density at radius 1 is 1.56 bits per heavy atom. The van der Waals surface area contributed by atoms with Gasteiger partial charge in [-0.15, -0.1) is 0 Å². The summed E-state index contributed by atoms with van der Waals surface area (Å²) in [4.78, 5) is 25.5. The summed E-state index contributed by atoms with van der Waals surface area (Å²) in [6.45, 7) is 5.87. The third-order valence-corrected chi connectivity index (χ3v) is 3.68. The van der Waals surface area contributed by atoms with Gasteiger partial charge in [0.2, 0.25) is 11.8 Å². The fraction of sp³-hybridized carbons (Fsp3) is 0.846. The standard InChI is InChI=1S/C13H22N2O3/c1-9(2)15-8-10(6-12(15)16)13(17)14-7-11-4-3-5-18-11/h9-11H,3-8H2,1-2H3,(H,14,17)/t10-,11-/m0/s1. The number of carbonyl (C=O) groups is 2. The number of ether oxygens (including phenoxy) is 1. The van der Waals surface area contributed by atoms with E-state index in [2.05, 4.69) is 5.32 Å². The van der Waals surface area contributed by atoms with Crippen LogP contribution in [-0.4, -0.2) is 48.6 Å². The van der Waals surface area contributed by atoms with Crippen LogP contribution < -0.4 is 5.32 Å². The number of hydrogen-bond acceptors (Lipinski definition) is 3. The monoisotopic (exact) mass is 254 g/mol. The average Bonchev–Trinajstić information content (AvgIpc) is 2.94. The first-order valence-corrected chi connectivity index (χ1v) is 6.76. The van der Waals surface area contributed by atoms with E-state index >= 15 is 0 Å². The maximum atomic E-state index is 12.0. The number of rotatable bonds is 4. The third-order valence-electron chi connectivity index (χ3n) is 3.68. The molecule has 5 heteroatoms. The largest absolute Gasteiger partial charge is 0.376 e. The second-order valence-corrected chi connectivity index (χ2v) is 5.42. The topological polar surface area (TPSA) is 58.6 Å². The zero-order valence-corrected chi connectivity index (χ0v) is 11.1. The molecule has 102 valence electrons. The summed E-state index contributed by atoms with van der Waals surface area (Å²) in [7, 11) is 0. The van der Waals surface area contributed by atoms with Gasteiger partial charge in [0.15, 0.2) is 0 Å².